The van der Waals surface area contributed by atoms with Crippen molar-refractivity contribution in [2.75, 3.05) is 5.32 Å². The molecular formula is C14H12BrNO2. The van der Waals surface area contributed by atoms with Crippen LogP contribution in [0.1, 0.15) is 15.9 Å². The second kappa shape index (κ2) is 5.23. The van der Waals surface area contributed by atoms with Crippen molar-refractivity contribution in [3.8, 4) is 0 Å². The first-order chi connectivity index (χ1) is 8.56. The number of aromatic carboxylic acids is 1. The lowest BCUT2D eigenvalue weighted by Crippen LogP contribution is -2.03. The largest absolute Gasteiger partial charge is 0.478 e. The molecule has 0 radical (unpaired) electrons. The molecule has 2 aromatic carbocycles. The van der Waals surface area contributed by atoms with Gasteiger partial charge in [0.2, 0.25) is 0 Å². The summed E-state index contributed by atoms with van der Waals surface area (Å²) >= 11 is 3.36. The van der Waals surface area contributed by atoms with Crippen LogP contribution in [0.4, 0.5) is 11.4 Å². The second-order valence-corrected chi connectivity index (χ2v) is 4.90. The summed E-state index contributed by atoms with van der Waals surface area (Å²) in [6, 6.07) is 12.9. The number of hydrogen-bond acceptors (Lipinski definition) is 2. The van der Waals surface area contributed by atoms with E-state index in [0.29, 0.717) is 5.69 Å². The monoisotopic (exact) mass is 305 g/mol. The molecule has 0 aliphatic carbocycles. The summed E-state index contributed by atoms with van der Waals surface area (Å²) in [5, 5.41) is 12.3. The number of halogens is 1. The van der Waals surface area contributed by atoms with E-state index >= 15 is 0 Å². The molecule has 2 rings (SSSR count). The maximum atomic E-state index is 11.2. The standard InChI is InChI=1S/C14H12BrNO2/c1-9-2-7-13(12(8-9)14(17)18)16-11-5-3-10(15)4-6-11/h2-8,16H,1H3,(H,17,18). The van der Waals surface area contributed by atoms with E-state index in [0.717, 1.165) is 15.7 Å². The van der Waals surface area contributed by atoms with Crippen molar-refractivity contribution in [2.24, 2.45) is 0 Å². The first-order valence-electron chi connectivity index (χ1n) is 5.43. The Bertz CT molecular complexity index is 579. The smallest absolute Gasteiger partial charge is 0.337 e. The Hall–Kier alpha value is -1.81. The van der Waals surface area contributed by atoms with Crippen LogP contribution in [0.5, 0.6) is 0 Å². The minimum Gasteiger partial charge on any atom is -0.478 e. The highest BCUT2D eigenvalue weighted by atomic mass is 79.9. The molecule has 0 heterocycles. The maximum absolute atomic E-state index is 11.2. The van der Waals surface area contributed by atoms with Crippen molar-refractivity contribution in [2.45, 2.75) is 6.92 Å². The van der Waals surface area contributed by atoms with Gasteiger partial charge in [-0.2, -0.15) is 0 Å². The van der Waals surface area contributed by atoms with Crippen molar-refractivity contribution in [3.05, 3.63) is 58.1 Å². The molecule has 0 aliphatic rings. The van der Waals surface area contributed by atoms with Gasteiger partial charge in [0.05, 0.1) is 11.3 Å². The van der Waals surface area contributed by atoms with E-state index in [1.165, 1.54) is 0 Å². The number of anilines is 2. The van der Waals surface area contributed by atoms with Gasteiger partial charge in [-0.15, -0.1) is 0 Å². The van der Waals surface area contributed by atoms with Crippen molar-refractivity contribution in [1.82, 2.24) is 0 Å². The Labute approximate surface area is 114 Å². The van der Waals surface area contributed by atoms with E-state index in [2.05, 4.69) is 21.2 Å². The molecule has 0 saturated heterocycles. The zero-order valence-electron chi connectivity index (χ0n) is 9.77. The SMILES string of the molecule is Cc1ccc(Nc2ccc(Br)cc2)c(C(=O)O)c1. The molecule has 0 fully saturated rings. The van der Waals surface area contributed by atoms with Gasteiger partial charge < -0.3 is 10.4 Å². The highest BCUT2D eigenvalue weighted by Crippen LogP contribution is 2.23. The van der Waals surface area contributed by atoms with Crippen LogP contribution in [-0.4, -0.2) is 11.1 Å². The molecule has 4 heteroatoms. The van der Waals surface area contributed by atoms with E-state index in [9.17, 15) is 4.79 Å². The molecule has 0 aromatic heterocycles. The van der Waals surface area contributed by atoms with Crippen LogP contribution in [0.2, 0.25) is 0 Å². The fourth-order valence-electron chi connectivity index (χ4n) is 1.63. The number of carbonyl (C=O) groups is 1. The fraction of sp³-hybridized carbons (Fsp3) is 0.0714. The lowest BCUT2D eigenvalue weighted by atomic mass is 10.1. The average Bonchev–Trinajstić information content (AvgIpc) is 2.34. The Morgan fingerprint density at radius 1 is 1.17 bits per heavy atom. The predicted molar refractivity (Wildman–Crippen MR) is 75.6 cm³/mol. The van der Waals surface area contributed by atoms with Crippen molar-refractivity contribution < 1.29 is 9.90 Å². The van der Waals surface area contributed by atoms with E-state index < -0.39 is 5.97 Å². The van der Waals surface area contributed by atoms with E-state index in [1.807, 2.05) is 37.3 Å². The first-order valence-corrected chi connectivity index (χ1v) is 6.22. The number of hydrogen-bond donors (Lipinski definition) is 2. The molecule has 0 bridgehead atoms. The Morgan fingerprint density at radius 3 is 2.44 bits per heavy atom. The third-order valence-electron chi connectivity index (χ3n) is 2.53. The Kier molecular flexibility index (Phi) is 3.67. The highest BCUT2D eigenvalue weighted by molar-refractivity contribution is 9.10. The molecule has 0 aliphatic heterocycles. The second-order valence-electron chi connectivity index (χ2n) is 3.99. The predicted octanol–water partition coefficient (Wildman–Crippen LogP) is 4.20. The van der Waals surface area contributed by atoms with Crippen LogP contribution in [0.25, 0.3) is 0 Å². The van der Waals surface area contributed by atoms with Crippen molar-refractivity contribution in [1.29, 1.82) is 0 Å². The van der Waals surface area contributed by atoms with Gasteiger partial charge in [0.1, 0.15) is 0 Å². The van der Waals surface area contributed by atoms with Gasteiger partial charge in [-0.25, -0.2) is 4.79 Å². The van der Waals surface area contributed by atoms with Crippen molar-refractivity contribution >= 4 is 33.3 Å². The molecule has 0 amide bonds. The summed E-state index contributed by atoms with van der Waals surface area (Å²) in [6.07, 6.45) is 0. The van der Waals surface area contributed by atoms with E-state index in [4.69, 9.17) is 5.11 Å². The van der Waals surface area contributed by atoms with E-state index in [-0.39, 0.29) is 5.56 Å². The summed E-state index contributed by atoms with van der Waals surface area (Å²) in [5.41, 5.74) is 2.65. The molecule has 0 spiro atoms. The van der Waals surface area contributed by atoms with Crippen molar-refractivity contribution in [3.63, 3.8) is 0 Å². The minimum atomic E-state index is -0.932. The van der Waals surface area contributed by atoms with Crippen LogP contribution in [0.3, 0.4) is 0 Å². The molecule has 0 atom stereocenters. The van der Waals surface area contributed by atoms with Gasteiger partial charge in [0, 0.05) is 10.2 Å². The fourth-order valence-corrected chi connectivity index (χ4v) is 1.90. The molecule has 0 unspecified atom stereocenters. The molecule has 0 saturated carbocycles. The van der Waals surface area contributed by atoms with Gasteiger partial charge in [-0.1, -0.05) is 27.6 Å². The minimum absolute atomic E-state index is 0.276. The maximum Gasteiger partial charge on any atom is 0.337 e. The Balaban J connectivity index is 2.34. The summed E-state index contributed by atoms with van der Waals surface area (Å²) < 4.78 is 0.982. The molecule has 2 N–H and O–H groups in total. The molecular weight excluding hydrogens is 294 g/mol. The van der Waals surface area contributed by atoms with Gasteiger partial charge >= 0.3 is 5.97 Å². The molecule has 2 aromatic rings. The van der Waals surface area contributed by atoms with Crippen LogP contribution >= 0.6 is 15.9 Å². The molecule has 3 nitrogen and oxygen atoms in total. The summed E-state index contributed by atoms with van der Waals surface area (Å²) in [4.78, 5) is 11.2. The number of nitrogens with one attached hydrogen (secondary N) is 1. The summed E-state index contributed by atoms with van der Waals surface area (Å²) in [5.74, 6) is -0.932. The topological polar surface area (TPSA) is 49.3 Å². The van der Waals surface area contributed by atoms with Crippen LogP contribution < -0.4 is 5.32 Å². The molecule has 18 heavy (non-hydrogen) atoms. The number of carboxylic acid groups (broad SMARTS) is 1. The van der Waals surface area contributed by atoms with Gasteiger partial charge in [0.15, 0.2) is 0 Å². The highest BCUT2D eigenvalue weighted by Gasteiger charge is 2.10. The van der Waals surface area contributed by atoms with Gasteiger partial charge in [-0.3, -0.25) is 0 Å². The first kappa shape index (κ1) is 12.6. The Morgan fingerprint density at radius 2 is 1.83 bits per heavy atom. The summed E-state index contributed by atoms with van der Waals surface area (Å²) in [7, 11) is 0. The average molecular weight is 306 g/mol. The van der Waals surface area contributed by atoms with E-state index in [1.54, 1.807) is 12.1 Å². The quantitative estimate of drug-likeness (QED) is 0.893. The zero-order valence-corrected chi connectivity index (χ0v) is 11.4. The third kappa shape index (κ3) is 2.90. The number of rotatable bonds is 3. The third-order valence-corrected chi connectivity index (χ3v) is 3.06. The van der Waals surface area contributed by atoms with Crippen LogP contribution in [0.15, 0.2) is 46.9 Å². The number of aryl methyl sites for hydroxylation is 1. The molecule has 92 valence electrons. The lowest BCUT2D eigenvalue weighted by Gasteiger charge is -2.10. The number of carboxylic acids is 1. The normalized spacial score (nSPS) is 10.1. The number of benzene rings is 2. The van der Waals surface area contributed by atoms with Gasteiger partial charge in [0.25, 0.3) is 0 Å². The lowest BCUT2D eigenvalue weighted by molar-refractivity contribution is 0.0698. The van der Waals surface area contributed by atoms with Crippen LogP contribution in [0, 0.1) is 6.92 Å². The van der Waals surface area contributed by atoms with Gasteiger partial charge in [-0.05, 0) is 43.3 Å². The van der Waals surface area contributed by atoms with Crippen LogP contribution in [-0.2, 0) is 0 Å². The zero-order chi connectivity index (χ0) is 13.1. The summed E-state index contributed by atoms with van der Waals surface area (Å²) in [6.45, 7) is 1.87.